The summed E-state index contributed by atoms with van der Waals surface area (Å²) in [5.74, 6) is -0.0676. The maximum Gasteiger partial charge on any atom is 0.244 e. The van der Waals surface area contributed by atoms with Crippen molar-refractivity contribution in [3.8, 4) is 0 Å². The second kappa shape index (κ2) is 9.18. The van der Waals surface area contributed by atoms with Crippen molar-refractivity contribution in [1.29, 1.82) is 0 Å². The molecule has 2 aromatic carbocycles. The third kappa shape index (κ3) is 4.79. The van der Waals surface area contributed by atoms with Crippen molar-refractivity contribution in [2.75, 3.05) is 31.5 Å². The van der Waals surface area contributed by atoms with Crippen molar-refractivity contribution in [3.63, 3.8) is 0 Å². The highest BCUT2D eigenvalue weighted by atomic mass is 19.1. The fourth-order valence-corrected chi connectivity index (χ4v) is 4.58. The Balaban J connectivity index is 1.53. The van der Waals surface area contributed by atoms with E-state index < -0.39 is 11.9 Å². The number of carbonyl (C=O) groups is 2. The van der Waals surface area contributed by atoms with Crippen molar-refractivity contribution in [2.24, 2.45) is 5.92 Å². The molecular formula is C25H30FN3O2. The van der Waals surface area contributed by atoms with Gasteiger partial charge in [-0.15, -0.1) is 0 Å². The Morgan fingerprint density at radius 2 is 1.84 bits per heavy atom. The summed E-state index contributed by atoms with van der Waals surface area (Å²) < 4.78 is 14.2. The van der Waals surface area contributed by atoms with Gasteiger partial charge in [0.25, 0.3) is 0 Å². The van der Waals surface area contributed by atoms with Crippen molar-refractivity contribution in [2.45, 2.75) is 39.2 Å². The van der Waals surface area contributed by atoms with E-state index in [-0.39, 0.29) is 24.0 Å². The number of fused-ring (bicyclic) bond motifs is 1. The number of likely N-dealkylation sites (tertiary alicyclic amines) is 1. The number of nitrogens with zero attached hydrogens (tertiary/aromatic N) is 2. The summed E-state index contributed by atoms with van der Waals surface area (Å²) in [5.41, 5.74) is 3.10. The number of halogens is 1. The summed E-state index contributed by atoms with van der Waals surface area (Å²) in [7, 11) is 0. The molecule has 2 aliphatic heterocycles. The lowest BCUT2D eigenvalue weighted by Gasteiger charge is -2.40. The van der Waals surface area contributed by atoms with Gasteiger partial charge in [-0.1, -0.05) is 37.3 Å². The highest BCUT2D eigenvalue weighted by Gasteiger charge is 2.37. The highest BCUT2D eigenvalue weighted by Crippen LogP contribution is 2.32. The average Bonchev–Trinajstić information content (AvgIpc) is 2.75. The molecule has 1 fully saturated rings. The molecule has 164 valence electrons. The third-order valence-electron chi connectivity index (χ3n) is 6.46. The van der Waals surface area contributed by atoms with E-state index in [9.17, 15) is 14.0 Å². The predicted octanol–water partition coefficient (Wildman–Crippen LogP) is 3.93. The summed E-state index contributed by atoms with van der Waals surface area (Å²) in [4.78, 5) is 30.2. The molecule has 5 nitrogen and oxygen atoms in total. The predicted molar refractivity (Wildman–Crippen MR) is 119 cm³/mol. The van der Waals surface area contributed by atoms with E-state index in [4.69, 9.17) is 0 Å². The molecule has 2 aromatic rings. The Labute approximate surface area is 183 Å². The van der Waals surface area contributed by atoms with Gasteiger partial charge in [-0.2, -0.15) is 0 Å². The monoisotopic (exact) mass is 423 g/mol. The van der Waals surface area contributed by atoms with Crippen LogP contribution in [0.2, 0.25) is 0 Å². The molecule has 1 unspecified atom stereocenters. The largest absolute Gasteiger partial charge is 0.341 e. The van der Waals surface area contributed by atoms with E-state index in [1.807, 2.05) is 28.0 Å². The van der Waals surface area contributed by atoms with E-state index in [0.29, 0.717) is 12.5 Å². The Bertz CT molecular complexity index is 969. The summed E-state index contributed by atoms with van der Waals surface area (Å²) in [6, 6.07) is 12.3. The molecular weight excluding hydrogens is 393 g/mol. The maximum atomic E-state index is 14.2. The minimum absolute atomic E-state index is 0.0439. The second-order valence-corrected chi connectivity index (χ2v) is 8.86. The number of amides is 2. The molecule has 0 saturated carbocycles. The molecule has 0 spiro atoms. The van der Waals surface area contributed by atoms with E-state index >= 15 is 0 Å². The molecule has 0 radical (unpaired) electrons. The molecule has 0 aromatic heterocycles. The van der Waals surface area contributed by atoms with Gasteiger partial charge in [0.2, 0.25) is 11.8 Å². The van der Waals surface area contributed by atoms with Gasteiger partial charge in [0.05, 0.1) is 12.2 Å². The first-order valence-corrected chi connectivity index (χ1v) is 11.1. The summed E-state index contributed by atoms with van der Waals surface area (Å²) in [6.07, 6.45) is 2.80. The van der Waals surface area contributed by atoms with Gasteiger partial charge in [-0.25, -0.2) is 4.39 Å². The lowest BCUT2D eigenvalue weighted by atomic mass is 9.90. The fraction of sp³-hybridized carbons (Fsp3) is 0.440. The van der Waals surface area contributed by atoms with Crippen LogP contribution in [0.25, 0.3) is 0 Å². The lowest BCUT2D eigenvalue weighted by Crippen LogP contribution is -2.50. The zero-order chi connectivity index (χ0) is 22.0. The van der Waals surface area contributed by atoms with Crippen LogP contribution in [0.1, 0.15) is 42.5 Å². The number of piperidine rings is 1. The van der Waals surface area contributed by atoms with Gasteiger partial charge in [0.15, 0.2) is 0 Å². The number of anilines is 1. The zero-order valence-electron chi connectivity index (χ0n) is 18.2. The van der Waals surface area contributed by atoms with Gasteiger partial charge < -0.3 is 10.2 Å². The first-order chi connectivity index (χ1) is 14.9. The Morgan fingerprint density at radius 1 is 1.10 bits per heavy atom. The number of hydrogen-bond donors (Lipinski definition) is 1. The SMILES string of the molecule is Cc1ccc(NC(=O)CN2CCc3ccccc3C2C(=O)N2CCC(C)CC2)c(F)c1. The molecule has 1 N–H and O–H groups in total. The summed E-state index contributed by atoms with van der Waals surface area (Å²) in [5, 5.41) is 2.67. The maximum absolute atomic E-state index is 14.2. The molecule has 4 rings (SSSR count). The molecule has 1 saturated heterocycles. The molecule has 0 aliphatic carbocycles. The van der Waals surface area contributed by atoms with E-state index in [0.717, 1.165) is 49.0 Å². The molecule has 31 heavy (non-hydrogen) atoms. The third-order valence-corrected chi connectivity index (χ3v) is 6.46. The van der Waals surface area contributed by atoms with Crippen LogP contribution in [-0.2, 0) is 16.0 Å². The van der Waals surface area contributed by atoms with Crippen LogP contribution in [0.15, 0.2) is 42.5 Å². The number of carbonyl (C=O) groups excluding carboxylic acids is 2. The minimum Gasteiger partial charge on any atom is -0.341 e. The van der Waals surface area contributed by atoms with Crippen LogP contribution < -0.4 is 5.32 Å². The van der Waals surface area contributed by atoms with E-state index in [1.165, 1.54) is 6.07 Å². The second-order valence-electron chi connectivity index (χ2n) is 8.86. The van der Waals surface area contributed by atoms with Gasteiger partial charge in [-0.3, -0.25) is 14.5 Å². The quantitative estimate of drug-likeness (QED) is 0.811. The smallest absolute Gasteiger partial charge is 0.244 e. The van der Waals surface area contributed by atoms with Crippen LogP contribution in [0.4, 0.5) is 10.1 Å². The van der Waals surface area contributed by atoms with Crippen molar-refractivity contribution in [3.05, 3.63) is 65.0 Å². The number of rotatable bonds is 4. The molecule has 2 heterocycles. The van der Waals surface area contributed by atoms with Crippen LogP contribution >= 0.6 is 0 Å². The zero-order valence-corrected chi connectivity index (χ0v) is 18.2. The normalized spacial score (nSPS) is 19.7. The summed E-state index contributed by atoms with van der Waals surface area (Å²) >= 11 is 0. The van der Waals surface area contributed by atoms with Gasteiger partial charge in [-0.05, 0) is 60.9 Å². The Kier molecular flexibility index (Phi) is 6.37. The molecule has 6 heteroatoms. The van der Waals surface area contributed by atoms with Gasteiger partial charge in [0, 0.05) is 19.6 Å². The fourth-order valence-electron chi connectivity index (χ4n) is 4.58. The standard InChI is InChI=1S/C25H30FN3O2/c1-17-9-12-28(13-10-17)25(31)24-20-6-4-3-5-19(20)11-14-29(24)16-23(30)27-22-8-7-18(2)15-21(22)26/h3-8,15,17,24H,9-14,16H2,1-2H3,(H,27,30). The van der Waals surface area contributed by atoms with Crippen LogP contribution in [0.3, 0.4) is 0 Å². The molecule has 0 bridgehead atoms. The first-order valence-electron chi connectivity index (χ1n) is 11.1. The lowest BCUT2D eigenvalue weighted by molar-refractivity contribution is -0.139. The van der Waals surface area contributed by atoms with Crippen LogP contribution in [0.5, 0.6) is 0 Å². The molecule has 2 amide bonds. The van der Waals surface area contributed by atoms with Crippen molar-refractivity contribution in [1.82, 2.24) is 9.80 Å². The Hall–Kier alpha value is -2.73. The average molecular weight is 424 g/mol. The van der Waals surface area contributed by atoms with Crippen LogP contribution in [-0.4, -0.2) is 47.8 Å². The first kappa shape index (κ1) is 21.5. The summed E-state index contributed by atoms with van der Waals surface area (Å²) in [6.45, 7) is 6.19. The number of aryl methyl sites for hydroxylation is 1. The number of benzene rings is 2. The van der Waals surface area contributed by atoms with Crippen LogP contribution in [0, 0.1) is 18.7 Å². The van der Waals surface area contributed by atoms with E-state index in [2.05, 4.69) is 18.3 Å². The van der Waals surface area contributed by atoms with Gasteiger partial charge >= 0.3 is 0 Å². The van der Waals surface area contributed by atoms with E-state index in [1.54, 1.807) is 19.1 Å². The number of hydrogen-bond acceptors (Lipinski definition) is 3. The van der Waals surface area contributed by atoms with Crippen molar-refractivity contribution < 1.29 is 14.0 Å². The minimum atomic E-state index is -0.480. The van der Waals surface area contributed by atoms with Gasteiger partial charge in [0.1, 0.15) is 11.9 Å². The molecule has 2 aliphatic rings. The van der Waals surface area contributed by atoms with Crippen molar-refractivity contribution >= 4 is 17.5 Å². The number of nitrogens with one attached hydrogen (secondary N) is 1. The topological polar surface area (TPSA) is 52.7 Å². The Morgan fingerprint density at radius 3 is 2.58 bits per heavy atom. The highest BCUT2D eigenvalue weighted by molar-refractivity contribution is 5.93. The molecule has 1 atom stereocenters.